The molecular weight excluding hydrogens is 252 g/mol. The van der Waals surface area contributed by atoms with Gasteiger partial charge >= 0.3 is 0 Å². The molecule has 2 atom stereocenters. The third-order valence-corrected chi connectivity index (χ3v) is 3.33. The highest BCUT2D eigenvalue weighted by Gasteiger charge is 2.18. The Morgan fingerprint density at radius 3 is 2.89 bits per heavy atom. The van der Waals surface area contributed by atoms with Crippen LogP contribution in [0, 0.1) is 0 Å². The van der Waals surface area contributed by atoms with Gasteiger partial charge in [-0.25, -0.2) is 5.43 Å². The third kappa shape index (κ3) is 2.67. The first-order chi connectivity index (χ1) is 8.65. The molecule has 1 aromatic carbocycles. The minimum Gasteiger partial charge on any atom is -0.458 e. The van der Waals surface area contributed by atoms with Crippen molar-refractivity contribution in [3.63, 3.8) is 0 Å². The van der Waals surface area contributed by atoms with Gasteiger partial charge in [-0.15, -0.1) is 0 Å². The molecule has 98 valence electrons. The summed E-state index contributed by atoms with van der Waals surface area (Å²) in [6, 6.07) is 7.52. The van der Waals surface area contributed by atoms with Crippen molar-refractivity contribution in [2.24, 2.45) is 5.84 Å². The molecule has 2 rings (SSSR count). The van der Waals surface area contributed by atoms with Gasteiger partial charge in [0.05, 0.1) is 17.2 Å². The summed E-state index contributed by atoms with van der Waals surface area (Å²) in [6.07, 6.45) is 0.819. The fourth-order valence-corrected chi connectivity index (χ4v) is 2.13. The molecule has 1 heterocycles. The normalized spacial score (nSPS) is 14.9. The lowest BCUT2D eigenvalue weighted by molar-refractivity contribution is 0.0978. The van der Waals surface area contributed by atoms with Crippen LogP contribution in [-0.4, -0.2) is 13.2 Å². The number of ether oxygens (including phenoxy) is 1. The molecule has 4 nitrogen and oxygen atoms in total. The van der Waals surface area contributed by atoms with E-state index in [1.54, 1.807) is 13.2 Å². The summed E-state index contributed by atoms with van der Waals surface area (Å²) in [4.78, 5) is 0. The predicted molar refractivity (Wildman–Crippen MR) is 72.4 cm³/mol. The summed E-state index contributed by atoms with van der Waals surface area (Å²) in [7, 11) is 1.67. The number of fused-ring (bicyclic) bond motifs is 1. The minimum atomic E-state index is -0.0941. The second-order valence-electron chi connectivity index (χ2n) is 4.31. The SMILES string of the molecule is COC(C)CC(NN)c1cc2cccc(Cl)c2o1. The Kier molecular flexibility index (Phi) is 4.24. The molecule has 0 saturated heterocycles. The zero-order valence-electron chi connectivity index (χ0n) is 10.4. The Bertz CT molecular complexity index is 527. The summed E-state index contributed by atoms with van der Waals surface area (Å²) in [5.41, 5.74) is 3.44. The number of furan rings is 1. The highest BCUT2D eigenvalue weighted by atomic mass is 35.5. The smallest absolute Gasteiger partial charge is 0.152 e. The van der Waals surface area contributed by atoms with Crippen molar-refractivity contribution in [2.75, 3.05) is 7.11 Å². The molecule has 0 fully saturated rings. The van der Waals surface area contributed by atoms with Gasteiger partial charge in [0.15, 0.2) is 5.58 Å². The van der Waals surface area contributed by atoms with E-state index in [0.717, 1.165) is 17.6 Å². The average Bonchev–Trinajstić information content (AvgIpc) is 2.80. The summed E-state index contributed by atoms with van der Waals surface area (Å²) >= 11 is 6.08. The van der Waals surface area contributed by atoms with Gasteiger partial charge in [-0.2, -0.15) is 0 Å². The molecule has 0 aliphatic carbocycles. The van der Waals surface area contributed by atoms with Crippen LogP contribution in [0.5, 0.6) is 0 Å². The molecule has 18 heavy (non-hydrogen) atoms. The van der Waals surface area contributed by atoms with Gasteiger partial charge in [-0.1, -0.05) is 23.7 Å². The van der Waals surface area contributed by atoms with Gasteiger partial charge in [-0.05, 0) is 25.5 Å². The molecular formula is C13H17ClN2O2. The van der Waals surface area contributed by atoms with E-state index in [-0.39, 0.29) is 12.1 Å². The standard InChI is InChI=1S/C13H17ClN2O2/c1-8(17-2)6-11(16-15)12-7-9-4-3-5-10(14)13(9)18-12/h3-5,7-8,11,16H,6,15H2,1-2H3. The molecule has 3 N–H and O–H groups in total. The lowest BCUT2D eigenvalue weighted by Gasteiger charge is -2.17. The van der Waals surface area contributed by atoms with Crippen LogP contribution in [0.1, 0.15) is 25.1 Å². The first kappa shape index (κ1) is 13.4. The van der Waals surface area contributed by atoms with Crippen molar-refractivity contribution in [1.29, 1.82) is 0 Å². The van der Waals surface area contributed by atoms with Crippen molar-refractivity contribution in [3.05, 3.63) is 35.0 Å². The minimum absolute atomic E-state index is 0.0923. The number of nitrogens with two attached hydrogens (primary N) is 1. The van der Waals surface area contributed by atoms with Gasteiger partial charge < -0.3 is 9.15 Å². The summed E-state index contributed by atoms with van der Waals surface area (Å²) < 4.78 is 11.0. The monoisotopic (exact) mass is 268 g/mol. The molecule has 0 radical (unpaired) electrons. The topological polar surface area (TPSA) is 60.4 Å². The molecule has 5 heteroatoms. The lowest BCUT2D eigenvalue weighted by atomic mass is 10.1. The maximum Gasteiger partial charge on any atom is 0.152 e. The van der Waals surface area contributed by atoms with Gasteiger partial charge in [0.1, 0.15) is 5.76 Å². The lowest BCUT2D eigenvalue weighted by Crippen LogP contribution is -2.30. The number of hydrogen-bond donors (Lipinski definition) is 2. The Morgan fingerprint density at radius 1 is 1.50 bits per heavy atom. The Morgan fingerprint density at radius 2 is 2.28 bits per heavy atom. The number of para-hydroxylation sites is 1. The van der Waals surface area contributed by atoms with Crippen molar-refractivity contribution in [2.45, 2.75) is 25.5 Å². The number of halogens is 1. The van der Waals surface area contributed by atoms with Crippen molar-refractivity contribution in [3.8, 4) is 0 Å². The molecule has 0 amide bonds. The molecule has 2 aromatic rings. The van der Waals surface area contributed by atoms with E-state index in [1.165, 1.54) is 0 Å². The molecule has 2 unspecified atom stereocenters. The van der Waals surface area contributed by atoms with E-state index >= 15 is 0 Å². The van der Waals surface area contributed by atoms with E-state index in [4.69, 9.17) is 26.6 Å². The zero-order valence-corrected chi connectivity index (χ0v) is 11.2. The second kappa shape index (κ2) is 5.71. The number of benzene rings is 1. The Labute approximate surface area is 111 Å². The highest BCUT2D eigenvalue weighted by molar-refractivity contribution is 6.34. The summed E-state index contributed by atoms with van der Waals surface area (Å²) in [5.74, 6) is 6.34. The van der Waals surface area contributed by atoms with Crippen LogP contribution < -0.4 is 11.3 Å². The van der Waals surface area contributed by atoms with E-state index < -0.39 is 0 Å². The fraction of sp³-hybridized carbons (Fsp3) is 0.385. The number of nitrogens with one attached hydrogen (secondary N) is 1. The van der Waals surface area contributed by atoms with Gasteiger partial charge in [0.25, 0.3) is 0 Å². The first-order valence-corrected chi connectivity index (χ1v) is 6.20. The molecule has 0 aliphatic heterocycles. The molecule has 0 bridgehead atoms. The Balaban J connectivity index is 2.31. The van der Waals surface area contributed by atoms with Gasteiger partial charge in [0, 0.05) is 12.5 Å². The van der Waals surface area contributed by atoms with Crippen LogP contribution in [0.2, 0.25) is 5.02 Å². The van der Waals surface area contributed by atoms with Crippen LogP contribution in [0.3, 0.4) is 0 Å². The predicted octanol–water partition coefficient (Wildman–Crippen LogP) is 3.02. The zero-order chi connectivity index (χ0) is 13.1. The van der Waals surface area contributed by atoms with Crippen molar-refractivity contribution in [1.82, 2.24) is 5.43 Å². The first-order valence-electron chi connectivity index (χ1n) is 5.82. The highest BCUT2D eigenvalue weighted by Crippen LogP contribution is 2.30. The van der Waals surface area contributed by atoms with E-state index in [2.05, 4.69) is 5.43 Å². The molecule has 1 aromatic heterocycles. The van der Waals surface area contributed by atoms with Crippen LogP contribution in [-0.2, 0) is 4.74 Å². The van der Waals surface area contributed by atoms with Gasteiger partial charge in [0.2, 0.25) is 0 Å². The number of methoxy groups -OCH3 is 1. The number of hydrazine groups is 1. The largest absolute Gasteiger partial charge is 0.458 e. The van der Waals surface area contributed by atoms with Crippen LogP contribution >= 0.6 is 11.6 Å². The molecule has 0 aliphatic rings. The quantitative estimate of drug-likeness (QED) is 0.646. The van der Waals surface area contributed by atoms with Crippen LogP contribution in [0.25, 0.3) is 11.0 Å². The van der Waals surface area contributed by atoms with E-state index in [0.29, 0.717) is 10.6 Å². The molecule has 0 saturated carbocycles. The molecule has 0 spiro atoms. The van der Waals surface area contributed by atoms with Gasteiger partial charge in [-0.3, -0.25) is 5.84 Å². The van der Waals surface area contributed by atoms with E-state index in [1.807, 2.05) is 25.1 Å². The number of hydrogen-bond acceptors (Lipinski definition) is 4. The maximum absolute atomic E-state index is 6.08. The van der Waals surface area contributed by atoms with Crippen molar-refractivity contribution >= 4 is 22.6 Å². The fourth-order valence-electron chi connectivity index (χ4n) is 1.91. The maximum atomic E-state index is 6.08. The number of rotatable bonds is 5. The van der Waals surface area contributed by atoms with E-state index in [9.17, 15) is 0 Å². The van der Waals surface area contributed by atoms with Crippen LogP contribution in [0.4, 0.5) is 0 Å². The Hall–Kier alpha value is -1.07. The summed E-state index contributed by atoms with van der Waals surface area (Å²) in [6.45, 7) is 1.99. The third-order valence-electron chi connectivity index (χ3n) is 3.03. The van der Waals surface area contributed by atoms with Crippen molar-refractivity contribution < 1.29 is 9.15 Å². The second-order valence-corrected chi connectivity index (χ2v) is 4.72. The average molecular weight is 269 g/mol. The summed E-state index contributed by atoms with van der Waals surface area (Å²) in [5, 5.41) is 1.58. The van der Waals surface area contributed by atoms with Crippen LogP contribution in [0.15, 0.2) is 28.7 Å².